The van der Waals surface area contributed by atoms with Crippen molar-refractivity contribution in [2.75, 3.05) is 69.8 Å². The monoisotopic (exact) mass is 1080 g/mol. The number of anilines is 3. The molecule has 0 radical (unpaired) electrons. The number of rotatable bonds is 22. The van der Waals surface area contributed by atoms with Crippen LogP contribution in [0, 0.1) is 19.3 Å². The Labute approximate surface area is 457 Å². The van der Waals surface area contributed by atoms with E-state index >= 15 is 0 Å². The first-order valence-corrected chi connectivity index (χ1v) is 27.7. The number of aromatic nitrogens is 3. The molecule has 3 atom stereocenters. The number of carbonyl (C=O) groups is 5. The number of carbonyl (C=O) groups excluding carboxylic acids is 5. The molecule has 3 aromatic heterocycles. The maximum atomic E-state index is 14.0. The van der Waals surface area contributed by atoms with Crippen molar-refractivity contribution >= 4 is 68.7 Å². The number of aryl methyl sites for hydroxylation is 2. The van der Waals surface area contributed by atoms with Gasteiger partial charge in [0.1, 0.15) is 12.1 Å². The van der Waals surface area contributed by atoms with E-state index in [1.54, 1.807) is 23.7 Å². The van der Waals surface area contributed by atoms with Crippen molar-refractivity contribution in [3.05, 3.63) is 130 Å². The molecule has 3 aromatic carbocycles. The quantitative estimate of drug-likeness (QED) is 0.0425. The number of aliphatic hydroxyl groups is 1. The van der Waals surface area contributed by atoms with Crippen molar-refractivity contribution in [2.24, 2.45) is 5.41 Å². The molecular weight excluding hydrogens is 1020 g/mol. The summed E-state index contributed by atoms with van der Waals surface area (Å²) >= 11 is 3.07. The molecule has 20 heteroatoms. The van der Waals surface area contributed by atoms with Gasteiger partial charge in [-0.1, -0.05) is 63.2 Å². The van der Waals surface area contributed by atoms with Gasteiger partial charge < -0.3 is 45.6 Å². The maximum Gasteiger partial charge on any atom is 0.255 e. The summed E-state index contributed by atoms with van der Waals surface area (Å²) in [6, 6.07) is 23.2. The summed E-state index contributed by atoms with van der Waals surface area (Å²) in [5, 5.41) is 25.5. The summed E-state index contributed by atoms with van der Waals surface area (Å²) in [7, 11) is 0. The zero-order valence-corrected chi connectivity index (χ0v) is 45.9. The van der Waals surface area contributed by atoms with E-state index in [0.717, 1.165) is 68.0 Å². The molecule has 5 N–H and O–H groups in total. The second kappa shape index (κ2) is 26.4. The van der Waals surface area contributed by atoms with E-state index in [1.165, 1.54) is 16.2 Å². The van der Waals surface area contributed by atoms with Crippen LogP contribution in [0.15, 0.2) is 102 Å². The topological polar surface area (TPSA) is 221 Å². The molecule has 18 nitrogen and oxygen atoms in total. The molecule has 2 fully saturated rings. The number of piperazine rings is 1. The summed E-state index contributed by atoms with van der Waals surface area (Å²) in [6.07, 6.45) is 2.98. The molecule has 5 heterocycles. The van der Waals surface area contributed by atoms with Gasteiger partial charge in [0.25, 0.3) is 5.91 Å². The first kappa shape index (κ1) is 56.3. The van der Waals surface area contributed by atoms with E-state index < -0.39 is 29.5 Å². The van der Waals surface area contributed by atoms with Crippen LogP contribution in [0.4, 0.5) is 16.5 Å². The minimum absolute atomic E-state index is 0.00000142. The number of β-amino-alcohol motifs (C(OH)–C–C–N with tert-alkyl or cyclic N) is 1. The maximum absolute atomic E-state index is 14.0. The largest absolute Gasteiger partial charge is 0.391 e. The van der Waals surface area contributed by atoms with Gasteiger partial charge >= 0.3 is 0 Å². The predicted octanol–water partition coefficient (Wildman–Crippen LogP) is 7.21. The second-order valence-electron chi connectivity index (χ2n) is 20.4. The average Bonchev–Trinajstić information content (AvgIpc) is 4.19. The standard InChI is InChI=1S/C57H68N10O8S2/c1-37-8-17-44(29-46(37)62-56-63-47(35-76-56)43-7-6-20-58-32-43)61-53(71)42-15-11-40(12-16-42)33-65-21-23-66(24-22-65)50(70)19-26-75-28-27-74-25-18-49(69)64-52(57(3,4)5)55(73)67-34-45(68)30-48(67)54(72)59-31-39-9-13-41(14-10-39)51-38(2)60-36-77-51/h6-17,20,29,32,35-36,45,48,52,68H,18-19,21-28,30-31,33-34H2,1-5H3,(H,59,72)(H,61,71)(H,62,63)(H,64,69)/t45-,48+,52-/m1/s1. The Kier molecular flexibility index (Phi) is 19.3. The van der Waals surface area contributed by atoms with Crippen LogP contribution < -0.4 is 21.3 Å². The smallest absolute Gasteiger partial charge is 0.255 e. The van der Waals surface area contributed by atoms with Crippen molar-refractivity contribution < 1.29 is 38.6 Å². The van der Waals surface area contributed by atoms with E-state index in [-0.39, 0.29) is 82.4 Å². The number of aliphatic hydroxyl groups excluding tert-OH is 1. The van der Waals surface area contributed by atoms with Crippen LogP contribution in [-0.2, 0) is 41.7 Å². The minimum atomic E-state index is -0.949. The van der Waals surface area contributed by atoms with E-state index in [1.807, 2.05) is 129 Å². The number of benzene rings is 3. The summed E-state index contributed by atoms with van der Waals surface area (Å²) < 4.78 is 11.3. The third-order valence-corrected chi connectivity index (χ3v) is 15.3. The molecule has 0 bridgehead atoms. The number of thiazole rings is 2. The summed E-state index contributed by atoms with van der Waals surface area (Å²) in [6.45, 7) is 13.9. The minimum Gasteiger partial charge on any atom is -0.391 e. The first-order valence-electron chi connectivity index (χ1n) is 25.9. The van der Waals surface area contributed by atoms with Crippen LogP contribution in [0.25, 0.3) is 21.7 Å². The molecule has 2 saturated heterocycles. The lowest BCUT2D eigenvalue weighted by Gasteiger charge is -2.35. The molecule has 0 saturated carbocycles. The fourth-order valence-corrected chi connectivity index (χ4v) is 10.7. The van der Waals surface area contributed by atoms with E-state index in [0.29, 0.717) is 30.9 Å². The number of hydrogen-bond acceptors (Lipinski definition) is 15. The highest BCUT2D eigenvalue weighted by molar-refractivity contribution is 7.14. The molecule has 5 amide bonds. The van der Waals surface area contributed by atoms with Gasteiger partial charge in [-0.3, -0.25) is 33.9 Å². The van der Waals surface area contributed by atoms with Crippen LogP contribution in [0.5, 0.6) is 0 Å². The normalized spacial score (nSPS) is 16.2. The van der Waals surface area contributed by atoms with E-state index in [2.05, 4.69) is 36.1 Å². The molecule has 0 unspecified atom stereocenters. The van der Waals surface area contributed by atoms with Crippen molar-refractivity contribution in [3.8, 4) is 21.7 Å². The van der Waals surface area contributed by atoms with Gasteiger partial charge in [-0.2, -0.15) is 0 Å². The molecule has 6 aromatic rings. The van der Waals surface area contributed by atoms with Gasteiger partial charge in [-0.25, -0.2) is 9.97 Å². The summed E-state index contributed by atoms with van der Waals surface area (Å²) in [5.41, 5.74) is 9.96. The molecule has 77 heavy (non-hydrogen) atoms. The zero-order chi connectivity index (χ0) is 54.5. The summed E-state index contributed by atoms with van der Waals surface area (Å²) in [4.78, 5) is 86.7. The third kappa shape index (κ3) is 15.6. The zero-order valence-electron chi connectivity index (χ0n) is 44.3. The van der Waals surface area contributed by atoms with Crippen molar-refractivity contribution in [2.45, 2.75) is 85.2 Å². The number of nitrogens with zero attached hydrogens (tertiary/aromatic N) is 6. The van der Waals surface area contributed by atoms with Gasteiger partial charge in [0.05, 0.1) is 60.7 Å². The number of ether oxygens (including phenoxy) is 2. The Balaban J connectivity index is 0.683. The number of pyridine rings is 1. The number of hydrogen-bond donors (Lipinski definition) is 5. The van der Waals surface area contributed by atoms with Crippen LogP contribution in [-0.4, -0.2) is 142 Å². The van der Waals surface area contributed by atoms with Crippen LogP contribution in [0.3, 0.4) is 0 Å². The molecule has 0 aliphatic carbocycles. The summed E-state index contributed by atoms with van der Waals surface area (Å²) in [5.74, 6) is -1.37. The van der Waals surface area contributed by atoms with Crippen LogP contribution >= 0.6 is 22.7 Å². The number of nitrogens with one attached hydrogen (secondary N) is 4. The highest BCUT2D eigenvalue weighted by Crippen LogP contribution is 2.31. The van der Waals surface area contributed by atoms with Crippen LogP contribution in [0.2, 0.25) is 0 Å². The predicted molar refractivity (Wildman–Crippen MR) is 299 cm³/mol. The van der Waals surface area contributed by atoms with E-state index in [4.69, 9.17) is 14.5 Å². The first-order chi connectivity index (χ1) is 37.1. The number of amides is 5. The number of likely N-dealkylation sites (tertiary alicyclic amines) is 1. The fraction of sp³-hybridized carbons (Fsp3) is 0.404. The molecule has 406 valence electrons. The fourth-order valence-electron chi connectivity index (χ4n) is 9.12. The van der Waals surface area contributed by atoms with Gasteiger partial charge in [-0.15, -0.1) is 22.7 Å². The van der Waals surface area contributed by atoms with Crippen molar-refractivity contribution in [1.82, 2.24) is 40.3 Å². The Morgan fingerprint density at radius 2 is 1.57 bits per heavy atom. The third-order valence-electron chi connectivity index (χ3n) is 13.6. The lowest BCUT2D eigenvalue weighted by Crippen LogP contribution is -2.57. The molecule has 0 spiro atoms. The average molecular weight is 1090 g/mol. The van der Waals surface area contributed by atoms with Gasteiger partial charge in [0.15, 0.2) is 5.13 Å². The Morgan fingerprint density at radius 3 is 2.26 bits per heavy atom. The van der Waals surface area contributed by atoms with Gasteiger partial charge in [0.2, 0.25) is 23.6 Å². The molecular formula is C57H68N10O8S2. The highest BCUT2D eigenvalue weighted by Gasteiger charge is 2.44. The Bertz CT molecular complexity index is 2960. The molecule has 8 rings (SSSR count). The van der Waals surface area contributed by atoms with Crippen molar-refractivity contribution in [3.63, 3.8) is 0 Å². The van der Waals surface area contributed by atoms with Gasteiger partial charge in [0, 0.05) is 98.9 Å². The Hall–Kier alpha value is -6.94. The van der Waals surface area contributed by atoms with Gasteiger partial charge in [-0.05, 0) is 77.9 Å². The SMILES string of the molecule is Cc1ccc(NC(=O)c2ccc(CN3CCN(C(=O)CCOCCOCCC(=O)N[C@H](C(=O)N4C[C@H](O)C[C@H]4C(=O)NCc4ccc(-c5scnc5C)cc4)C(C)(C)C)CC3)cc2)cc1Nc1nc(-c2cccnc2)cs1. The van der Waals surface area contributed by atoms with Crippen LogP contribution in [0.1, 0.15) is 72.8 Å². The van der Waals surface area contributed by atoms with E-state index in [9.17, 15) is 29.1 Å². The molecule has 2 aliphatic heterocycles. The van der Waals surface area contributed by atoms with Crippen molar-refractivity contribution in [1.29, 1.82) is 0 Å². The second-order valence-corrected chi connectivity index (χ2v) is 22.1. The highest BCUT2D eigenvalue weighted by atomic mass is 32.1. The molecule has 2 aliphatic rings. The lowest BCUT2D eigenvalue weighted by molar-refractivity contribution is -0.144. The Morgan fingerprint density at radius 1 is 0.844 bits per heavy atom. The lowest BCUT2D eigenvalue weighted by atomic mass is 9.85.